The number of hydrogen-bond acceptors (Lipinski definition) is 5. The number of nitrogens with zero attached hydrogens (tertiary/aromatic N) is 2. The first kappa shape index (κ1) is 11.5. The van der Waals surface area contributed by atoms with Crippen LogP contribution in [0.15, 0.2) is 5.16 Å². The summed E-state index contributed by atoms with van der Waals surface area (Å²) >= 11 is 1.46. The summed E-state index contributed by atoms with van der Waals surface area (Å²) in [6.45, 7) is 0.667. The van der Waals surface area contributed by atoms with Crippen LogP contribution >= 0.6 is 11.8 Å². The molecule has 14 heavy (non-hydrogen) atoms. The van der Waals surface area contributed by atoms with Gasteiger partial charge in [0.2, 0.25) is 0 Å². The Morgan fingerprint density at radius 2 is 2.57 bits per heavy atom. The van der Waals surface area contributed by atoms with Gasteiger partial charge in [0.15, 0.2) is 5.94 Å². The molecule has 0 saturated carbocycles. The molecule has 0 amide bonds. The van der Waals surface area contributed by atoms with Crippen molar-refractivity contribution < 1.29 is 15.1 Å². The standard InChI is InChI=1S/C8H16N2O3S/c1-14-6-13-9-8(12)10-4-2-3-7(10)5-11/h7,11H,2-6H2,1H3,(H,9,12)/p-1. The van der Waals surface area contributed by atoms with Gasteiger partial charge in [0.1, 0.15) is 0 Å². The van der Waals surface area contributed by atoms with Crippen LogP contribution in [0.4, 0.5) is 0 Å². The average Bonchev–Trinajstić information content (AvgIpc) is 2.65. The molecule has 0 aromatic rings. The molecule has 1 aliphatic rings. The van der Waals surface area contributed by atoms with E-state index >= 15 is 0 Å². The molecule has 1 unspecified atom stereocenters. The Morgan fingerprint density at radius 3 is 3.21 bits per heavy atom. The van der Waals surface area contributed by atoms with Gasteiger partial charge in [-0.15, -0.1) is 11.8 Å². The maximum Gasteiger partial charge on any atom is 0.162 e. The molecule has 0 spiro atoms. The predicted molar refractivity (Wildman–Crippen MR) is 53.7 cm³/mol. The second-order valence-corrected chi connectivity index (χ2v) is 3.89. The van der Waals surface area contributed by atoms with E-state index in [9.17, 15) is 5.11 Å². The number of amidine groups is 1. The summed E-state index contributed by atoms with van der Waals surface area (Å²) in [4.78, 5) is 6.32. The molecule has 82 valence electrons. The lowest BCUT2D eigenvalue weighted by atomic mass is 10.2. The average molecular weight is 219 g/mol. The van der Waals surface area contributed by atoms with Crippen LogP contribution in [0.2, 0.25) is 0 Å². The van der Waals surface area contributed by atoms with Crippen LogP contribution in [0.25, 0.3) is 0 Å². The zero-order valence-corrected chi connectivity index (χ0v) is 9.00. The minimum absolute atomic E-state index is 0.00376. The van der Waals surface area contributed by atoms with Crippen molar-refractivity contribution in [2.24, 2.45) is 5.16 Å². The largest absolute Gasteiger partial charge is 0.844 e. The van der Waals surface area contributed by atoms with Gasteiger partial charge < -0.3 is 20.0 Å². The number of rotatable bonds is 4. The van der Waals surface area contributed by atoms with Crippen LogP contribution in [0, 0.1) is 0 Å². The van der Waals surface area contributed by atoms with Crippen LogP contribution < -0.4 is 5.11 Å². The number of likely N-dealkylation sites (tertiary alicyclic amines) is 1. The van der Waals surface area contributed by atoms with Gasteiger partial charge in [0.25, 0.3) is 0 Å². The monoisotopic (exact) mass is 219 g/mol. The van der Waals surface area contributed by atoms with E-state index in [-0.39, 0.29) is 18.7 Å². The number of oxime groups is 1. The molecule has 1 N–H and O–H groups in total. The van der Waals surface area contributed by atoms with Gasteiger partial charge >= 0.3 is 0 Å². The third kappa shape index (κ3) is 2.95. The van der Waals surface area contributed by atoms with Gasteiger partial charge in [-0.25, -0.2) is 0 Å². The number of aliphatic hydroxyl groups is 1. The minimum Gasteiger partial charge on any atom is -0.844 e. The zero-order valence-electron chi connectivity index (χ0n) is 8.18. The molecule has 0 aromatic carbocycles. The lowest BCUT2D eigenvalue weighted by molar-refractivity contribution is -0.241. The quantitative estimate of drug-likeness (QED) is 0.225. The summed E-state index contributed by atoms with van der Waals surface area (Å²) in [5.74, 6) is 0.378. The van der Waals surface area contributed by atoms with Crippen molar-refractivity contribution >= 4 is 17.8 Å². The van der Waals surface area contributed by atoms with Gasteiger partial charge in [0.05, 0.1) is 18.7 Å². The zero-order chi connectivity index (χ0) is 10.4. The highest BCUT2D eigenvalue weighted by atomic mass is 32.2. The van der Waals surface area contributed by atoms with Gasteiger partial charge in [0, 0.05) is 6.54 Å². The lowest BCUT2D eigenvalue weighted by Crippen LogP contribution is -2.44. The SMILES string of the molecule is CSCO/N=C(\[O-])N1CCCC1CO. The second kappa shape index (κ2) is 5.98. The Balaban J connectivity index is 2.41. The topological polar surface area (TPSA) is 68.1 Å². The fourth-order valence-corrected chi connectivity index (χ4v) is 1.62. The van der Waals surface area contributed by atoms with Gasteiger partial charge in [-0.1, -0.05) is 5.16 Å². The molecule has 0 radical (unpaired) electrons. The number of hydrogen-bond donors (Lipinski definition) is 1. The van der Waals surface area contributed by atoms with Gasteiger partial charge in [-0.2, -0.15) is 0 Å². The molecule has 0 bridgehead atoms. The van der Waals surface area contributed by atoms with Gasteiger partial charge in [-0.05, 0) is 19.1 Å². The highest BCUT2D eigenvalue weighted by Gasteiger charge is 2.22. The van der Waals surface area contributed by atoms with Crippen molar-refractivity contribution in [2.75, 3.05) is 25.3 Å². The number of thioether (sulfide) groups is 1. The van der Waals surface area contributed by atoms with E-state index in [1.165, 1.54) is 11.8 Å². The van der Waals surface area contributed by atoms with E-state index in [1.807, 2.05) is 6.26 Å². The molecule has 1 atom stereocenters. The minimum atomic E-state index is -0.379. The molecule has 1 fully saturated rings. The van der Waals surface area contributed by atoms with Gasteiger partial charge in [-0.3, -0.25) is 0 Å². The fraction of sp³-hybridized carbons (Fsp3) is 0.875. The van der Waals surface area contributed by atoms with Crippen molar-refractivity contribution in [2.45, 2.75) is 18.9 Å². The molecule has 5 nitrogen and oxygen atoms in total. The first-order chi connectivity index (χ1) is 6.79. The van der Waals surface area contributed by atoms with E-state index in [0.717, 1.165) is 12.8 Å². The van der Waals surface area contributed by atoms with E-state index in [2.05, 4.69) is 5.16 Å². The van der Waals surface area contributed by atoms with Crippen LogP contribution in [0.3, 0.4) is 0 Å². The smallest absolute Gasteiger partial charge is 0.162 e. The summed E-state index contributed by atoms with van der Waals surface area (Å²) < 4.78 is 0. The number of aliphatic hydroxyl groups excluding tert-OH is 1. The molecule has 0 aromatic heterocycles. The van der Waals surface area contributed by atoms with Crippen LogP contribution in [0.1, 0.15) is 12.8 Å². The third-order valence-corrected chi connectivity index (χ3v) is 2.49. The fourth-order valence-electron chi connectivity index (χ4n) is 1.46. The Labute approximate surface area is 87.7 Å². The second-order valence-electron chi connectivity index (χ2n) is 3.08. The van der Waals surface area contributed by atoms with Crippen molar-refractivity contribution in [3.05, 3.63) is 0 Å². The molecule has 1 heterocycles. The Bertz CT molecular complexity index is 201. The maximum absolute atomic E-state index is 11.4. The van der Waals surface area contributed by atoms with Crippen LogP contribution in [-0.4, -0.2) is 47.4 Å². The summed E-state index contributed by atoms with van der Waals surface area (Å²) in [5, 5.41) is 23.8. The van der Waals surface area contributed by atoms with E-state index in [0.29, 0.717) is 12.5 Å². The highest BCUT2D eigenvalue weighted by Crippen LogP contribution is 2.15. The summed E-state index contributed by atoms with van der Waals surface area (Å²) in [6, 6.07) is -0.459. The first-order valence-electron chi connectivity index (χ1n) is 4.53. The van der Waals surface area contributed by atoms with E-state index in [4.69, 9.17) is 9.94 Å². The molecular formula is C8H15N2O3S-. The van der Waals surface area contributed by atoms with Crippen molar-refractivity contribution in [3.63, 3.8) is 0 Å². The first-order valence-corrected chi connectivity index (χ1v) is 5.92. The predicted octanol–water partition coefficient (Wildman–Crippen LogP) is -0.589. The molecule has 0 aliphatic carbocycles. The Kier molecular flexibility index (Phi) is 4.89. The molecule has 1 saturated heterocycles. The molecular weight excluding hydrogens is 204 g/mol. The molecule has 1 rings (SSSR count). The summed E-state index contributed by atoms with van der Waals surface area (Å²) in [7, 11) is 0. The van der Waals surface area contributed by atoms with Crippen molar-refractivity contribution in [3.8, 4) is 0 Å². The Hall–Kier alpha value is -0.620. The molecule has 1 aliphatic heterocycles. The van der Waals surface area contributed by atoms with Crippen molar-refractivity contribution in [1.82, 2.24) is 4.90 Å². The summed E-state index contributed by atoms with van der Waals surface area (Å²) in [6.07, 6.45) is 3.64. The van der Waals surface area contributed by atoms with Crippen LogP contribution in [0.5, 0.6) is 0 Å². The Morgan fingerprint density at radius 1 is 1.79 bits per heavy atom. The molecule has 6 heteroatoms. The van der Waals surface area contributed by atoms with Crippen molar-refractivity contribution in [1.29, 1.82) is 0 Å². The lowest BCUT2D eigenvalue weighted by Gasteiger charge is -2.28. The normalized spacial score (nSPS) is 22.9. The maximum atomic E-state index is 11.4. The highest BCUT2D eigenvalue weighted by molar-refractivity contribution is 7.98. The third-order valence-electron chi connectivity index (χ3n) is 2.15. The van der Waals surface area contributed by atoms with E-state index in [1.54, 1.807) is 4.90 Å². The van der Waals surface area contributed by atoms with E-state index < -0.39 is 0 Å². The van der Waals surface area contributed by atoms with Crippen LogP contribution in [-0.2, 0) is 4.84 Å². The summed E-state index contributed by atoms with van der Waals surface area (Å²) in [5.41, 5.74) is 0.